The van der Waals surface area contributed by atoms with E-state index in [1.807, 2.05) is 0 Å². The monoisotopic (exact) mass is 439 g/mol. The molecule has 2 atom stereocenters. The molecule has 0 aliphatic carbocycles. The van der Waals surface area contributed by atoms with E-state index in [0.717, 1.165) is 19.1 Å². The molecule has 0 bridgehead atoms. The molecule has 0 radical (unpaired) electrons. The Bertz CT molecular complexity index is 896. The van der Waals surface area contributed by atoms with Crippen LogP contribution >= 0.6 is 0 Å². The van der Waals surface area contributed by atoms with Gasteiger partial charge in [-0.15, -0.1) is 0 Å². The van der Waals surface area contributed by atoms with E-state index in [4.69, 9.17) is 18.9 Å². The van der Waals surface area contributed by atoms with Crippen LogP contribution in [-0.4, -0.2) is 70.8 Å². The van der Waals surface area contributed by atoms with E-state index in [2.05, 4.69) is 4.98 Å². The van der Waals surface area contributed by atoms with Crippen LogP contribution in [0.3, 0.4) is 0 Å². The van der Waals surface area contributed by atoms with Crippen LogP contribution in [0.5, 0.6) is 5.88 Å². The molecule has 31 heavy (non-hydrogen) atoms. The van der Waals surface area contributed by atoms with Crippen molar-refractivity contribution in [2.24, 2.45) is 0 Å². The summed E-state index contributed by atoms with van der Waals surface area (Å²) in [5.74, 6) is -2.20. The minimum Gasteiger partial charge on any atom is -0.467 e. The summed E-state index contributed by atoms with van der Waals surface area (Å²) in [6.45, 7) is 6.04. The maximum absolute atomic E-state index is 12.7. The number of hydrogen-bond acceptors (Lipinski definition) is 10. The van der Waals surface area contributed by atoms with Gasteiger partial charge < -0.3 is 18.9 Å². The lowest BCUT2D eigenvalue weighted by Crippen LogP contribution is -2.49. The van der Waals surface area contributed by atoms with Crippen molar-refractivity contribution in [3.05, 3.63) is 27.9 Å². The van der Waals surface area contributed by atoms with E-state index in [9.17, 15) is 24.5 Å². The molecule has 1 fully saturated rings. The number of likely N-dealkylation sites (tertiary alicyclic amines) is 1. The van der Waals surface area contributed by atoms with Crippen LogP contribution in [0.2, 0.25) is 0 Å². The molecule has 0 N–H and O–H groups in total. The number of rotatable bonds is 5. The van der Waals surface area contributed by atoms with Crippen LogP contribution < -0.4 is 4.74 Å². The second-order valence-corrected chi connectivity index (χ2v) is 8.03. The van der Waals surface area contributed by atoms with Gasteiger partial charge in [-0.25, -0.2) is 19.4 Å². The quantitative estimate of drug-likeness (QED) is 0.288. The number of nitrogens with zero attached hydrogens (tertiary/aromatic N) is 3. The third-order valence-corrected chi connectivity index (χ3v) is 4.44. The lowest BCUT2D eigenvalue weighted by Gasteiger charge is -2.28. The zero-order valence-corrected chi connectivity index (χ0v) is 18.2. The van der Waals surface area contributed by atoms with Gasteiger partial charge >= 0.3 is 23.7 Å². The number of pyridine rings is 1. The fraction of sp³-hybridized carbons (Fsp3) is 0.579. The molecule has 1 amide bonds. The van der Waals surface area contributed by atoms with Gasteiger partial charge in [-0.3, -0.25) is 15.0 Å². The van der Waals surface area contributed by atoms with Crippen molar-refractivity contribution < 1.29 is 38.3 Å². The molecule has 1 aliphatic heterocycles. The van der Waals surface area contributed by atoms with Crippen molar-refractivity contribution in [3.63, 3.8) is 0 Å². The summed E-state index contributed by atoms with van der Waals surface area (Å²) < 4.78 is 20.6. The molecule has 12 nitrogen and oxygen atoms in total. The number of aryl methyl sites for hydroxylation is 1. The van der Waals surface area contributed by atoms with Crippen molar-refractivity contribution in [3.8, 4) is 5.88 Å². The van der Waals surface area contributed by atoms with Crippen molar-refractivity contribution >= 4 is 23.7 Å². The number of amides is 1. The highest BCUT2D eigenvalue weighted by Crippen LogP contribution is 2.37. The molecule has 2 heterocycles. The SMILES string of the molecule is COC(=O)[C@@H]1CC(Oc2ncc(C)cc2[N+](=O)[O-])(C(=O)OC)CN1C(=O)OC(C)(C)C. The zero-order valence-electron chi connectivity index (χ0n) is 18.2. The topological polar surface area (TPSA) is 147 Å². The number of esters is 2. The Labute approximate surface area is 178 Å². The van der Waals surface area contributed by atoms with E-state index in [0.29, 0.717) is 5.56 Å². The summed E-state index contributed by atoms with van der Waals surface area (Å²) in [5, 5.41) is 11.5. The predicted octanol–water partition coefficient (Wildman–Crippen LogP) is 1.77. The number of carbonyl (C=O) groups is 3. The van der Waals surface area contributed by atoms with Gasteiger partial charge in [-0.1, -0.05) is 0 Å². The Hall–Kier alpha value is -3.44. The lowest BCUT2D eigenvalue weighted by atomic mass is 10.00. The highest BCUT2D eigenvalue weighted by Gasteiger charge is 2.58. The van der Waals surface area contributed by atoms with Gasteiger partial charge in [-0.05, 0) is 33.3 Å². The van der Waals surface area contributed by atoms with Crippen molar-refractivity contribution in [2.75, 3.05) is 20.8 Å². The molecule has 0 aromatic carbocycles. The largest absolute Gasteiger partial charge is 0.467 e. The van der Waals surface area contributed by atoms with Gasteiger partial charge in [0.25, 0.3) is 5.88 Å². The first-order valence-electron chi connectivity index (χ1n) is 9.29. The number of ether oxygens (including phenoxy) is 4. The summed E-state index contributed by atoms with van der Waals surface area (Å²) in [6.07, 6.45) is 0.0629. The molecule has 1 aromatic heterocycles. The average Bonchev–Trinajstić information content (AvgIpc) is 3.07. The van der Waals surface area contributed by atoms with Crippen molar-refractivity contribution in [2.45, 2.75) is 51.4 Å². The van der Waals surface area contributed by atoms with Gasteiger partial charge in [-0.2, -0.15) is 0 Å². The molecule has 1 saturated heterocycles. The van der Waals surface area contributed by atoms with Crippen LogP contribution in [0.4, 0.5) is 10.5 Å². The molecular formula is C19H25N3O9. The van der Waals surface area contributed by atoms with Gasteiger partial charge in [0.15, 0.2) is 0 Å². The molecule has 0 spiro atoms. The molecule has 12 heteroatoms. The summed E-state index contributed by atoms with van der Waals surface area (Å²) in [7, 11) is 2.22. The van der Waals surface area contributed by atoms with E-state index in [1.54, 1.807) is 27.7 Å². The second kappa shape index (κ2) is 8.74. The first-order valence-corrected chi connectivity index (χ1v) is 9.29. The lowest BCUT2D eigenvalue weighted by molar-refractivity contribution is -0.386. The average molecular weight is 439 g/mol. The number of nitro groups is 1. The fourth-order valence-corrected chi connectivity index (χ4v) is 3.12. The van der Waals surface area contributed by atoms with Gasteiger partial charge in [0.1, 0.15) is 11.6 Å². The van der Waals surface area contributed by atoms with E-state index >= 15 is 0 Å². The number of carbonyl (C=O) groups excluding carboxylic acids is 3. The first-order chi connectivity index (χ1) is 14.3. The molecule has 1 unspecified atom stereocenters. The van der Waals surface area contributed by atoms with Crippen molar-refractivity contribution in [1.29, 1.82) is 0 Å². The first kappa shape index (κ1) is 23.8. The second-order valence-electron chi connectivity index (χ2n) is 8.03. The van der Waals surface area contributed by atoms with Crippen LogP contribution in [0, 0.1) is 17.0 Å². The van der Waals surface area contributed by atoms with Gasteiger partial charge in [0.2, 0.25) is 5.60 Å². The Morgan fingerprint density at radius 1 is 1.26 bits per heavy atom. The third kappa shape index (κ3) is 5.19. The maximum atomic E-state index is 12.7. The number of aromatic nitrogens is 1. The predicted molar refractivity (Wildman–Crippen MR) is 104 cm³/mol. The summed E-state index contributed by atoms with van der Waals surface area (Å²) >= 11 is 0. The van der Waals surface area contributed by atoms with E-state index in [-0.39, 0.29) is 6.42 Å². The highest BCUT2D eigenvalue weighted by atomic mass is 16.6. The molecule has 170 valence electrons. The summed E-state index contributed by atoms with van der Waals surface area (Å²) in [5.41, 5.74) is -2.81. The minimum absolute atomic E-state index is 0.377. The molecule has 2 rings (SSSR count). The Kier molecular flexibility index (Phi) is 6.72. The summed E-state index contributed by atoms with van der Waals surface area (Å²) in [4.78, 5) is 53.5. The standard InChI is InChI=1S/C19H25N3O9/c1-11-7-12(22(26)27)14(20-9-11)30-19(16(24)29-6)8-13(15(23)28-5)21(10-19)17(25)31-18(2,3)4/h7,9,13H,8,10H2,1-6H3/t13-,19?/m0/s1. The fourth-order valence-electron chi connectivity index (χ4n) is 3.12. The minimum atomic E-state index is -1.95. The molecular weight excluding hydrogens is 414 g/mol. The highest BCUT2D eigenvalue weighted by molar-refractivity contribution is 5.88. The number of hydrogen-bond donors (Lipinski definition) is 0. The Balaban J connectivity index is 2.52. The maximum Gasteiger partial charge on any atom is 0.411 e. The van der Waals surface area contributed by atoms with Crippen LogP contribution in [0.25, 0.3) is 0 Å². The van der Waals surface area contributed by atoms with E-state index in [1.165, 1.54) is 12.3 Å². The van der Waals surface area contributed by atoms with E-state index < -0.39 is 58.3 Å². The van der Waals surface area contributed by atoms with Gasteiger partial charge in [0, 0.05) is 18.7 Å². The third-order valence-electron chi connectivity index (χ3n) is 4.44. The van der Waals surface area contributed by atoms with Crippen molar-refractivity contribution in [1.82, 2.24) is 9.88 Å². The van der Waals surface area contributed by atoms with Crippen LogP contribution in [-0.2, 0) is 23.8 Å². The zero-order chi connectivity index (χ0) is 23.6. The molecule has 0 saturated carbocycles. The number of methoxy groups -OCH3 is 2. The Morgan fingerprint density at radius 3 is 2.42 bits per heavy atom. The molecule has 1 aromatic rings. The van der Waals surface area contributed by atoms with Crippen LogP contribution in [0.15, 0.2) is 12.3 Å². The van der Waals surface area contributed by atoms with Gasteiger partial charge in [0.05, 0.1) is 25.7 Å². The molecule has 1 aliphatic rings. The van der Waals surface area contributed by atoms with Crippen LogP contribution in [0.1, 0.15) is 32.8 Å². The summed E-state index contributed by atoms with van der Waals surface area (Å²) in [6, 6.07) is -0.0189. The Morgan fingerprint density at radius 2 is 1.90 bits per heavy atom. The smallest absolute Gasteiger partial charge is 0.411 e. The normalized spacial score (nSPS) is 20.7.